The molecule has 0 bridgehead atoms. The lowest BCUT2D eigenvalue weighted by atomic mass is 9.92. The molecule has 0 saturated carbocycles. The number of aryl methyl sites for hydroxylation is 1. The van der Waals surface area contributed by atoms with Gasteiger partial charge in [-0.2, -0.15) is 0 Å². The number of carbonyl (C=O) groups is 1. The fourth-order valence-corrected chi connectivity index (χ4v) is 1.91. The number of rotatable bonds is 5. The second kappa shape index (κ2) is 6.95. The predicted molar refractivity (Wildman–Crippen MR) is 73.3 cm³/mol. The average Bonchev–Trinajstić information content (AvgIpc) is 2.38. The maximum absolute atomic E-state index is 11.1. The number of carbonyl (C=O) groups excluding carboxylic acids is 1. The van der Waals surface area contributed by atoms with Gasteiger partial charge in [-0.15, -0.1) is 0 Å². The Morgan fingerprint density at radius 1 is 1.37 bits per heavy atom. The van der Waals surface area contributed by atoms with E-state index >= 15 is 0 Å². The molecular formula is C15H20O4. The minimum absolute atomic E-state index is 0.260. The van der Waals surface area contributed by atoms with E-state index in [1.54, 1.807) is 20.1 Å². The Morgan fingerprint density at radius 3 is 2.53 bits per heavy atom. The first-order valence-electron chi connectivity index (χ1n) is 6.08. The Hall–Kier alpha value is -1.81. The van der Waals surface area contributed by atoms with Crippen LogP contribution in [-0.4, -0.2) is 31.4 Å². The van der Waals surface area contributed by atoms with Crippen LogP contribution in [0.25, 0.3) is 0 Å². The summed E-state index contributed by atoms with van der Waals surface area (Å²) in [5, 5.41) is 9.83. The summed E-state index contributed by atoms with van der Waals surface area (Å²) >= 11 is 0. The predicted octanol–water partition coefficient (Wildman–Crippen LogP) is 2.20. The first-order chi connectivity index (χ1) is 8.99. The summed E-state index contributed by atoms with van der Waals surface area (Å²) in [4.78, 5) is 11.1. The Balaban J connectivity index is 3.03. The van der Waals surface area contributed by atoms with Gasteiger partial charge in [-0.3, -0.25) is 0 Å². The fraction of sp³-hybridized carbons (Fsp3) is 0.400. The van der Waals surface area contributed by atoms with Gasteiger partial charge in [0.25, 0.3) is 0 Å². The normalized spacial score (nSPS) is 14.2. The number of benzene rings is 1. The molecule has 1 rings (SSSR count). The standard InChI is InChI=1S/C15H20O4/c1-10-9-12(5-7-14(10)18-3)13(11(2)16)6-8-15(17)19-4/h5-9,11,13,16H,1-4H3/b8-6+/t11-,13-/m0/s1. The Morgan fingerprint density at radius 2 is 2.05 bits per heavy atom. The van der Waals surface area contributed by atoms with Crippen molar-refractivity contribution in [3.63, 3.8) is 0 Å². The van der Waals surface area contributed by atoms with Crippen LogP contribution < -0.4 is 4.74 Å². The van der Waals surface area contributed by atoms with Crippen LogP contribution >= 0.6 is 0 Å². The molecule has 0 fully saturated rings. The Labute approximate surface area is 113 Å². The van der Waals surface area contributed by atoms with E-state index in [2.05, 4.69) is 4.74 Å². The smallest absolute Gasteiger partial charge is 0.330 e. The van der Waals surface area contributed by atoms with E-state index in [1.165, 1.54) is 13.2 Å². The maximum atomic E-state index is 11.1. The first-order valence-corrected chi connectivity index (χ1v) is 6.08. The molecule has 0 aliphatic carbocycles. The zero-order chi connectivity index (χ0) is 14.4. The van der Waals surface area contributed by atoms with Crippen molar-refractivity contribution in [1.29, 1.82) is 0 Å². The molecule has 4 nitrogen and oxygen atoms in total. The number of esters is 1. The summed E-state index contributed by atoms with van der Waals surface area (Å²) in [5.41, 5.74) is 1.91. The lowest BCUT2D eigenvalue weighted by Gasteiger charge is -2.18. The second-order valence-electron chi connectivity index (χ2n) is 4.38. The van der Waals surface area contributed by atoms with Crippen LogP contribution in [0.4, 0.5) is 0 Å². The van der Waals surface area contributed by atoms with Crippen molar-refractivity contribution >= 4 is 5.97 Å². The summed E-state index contributed by atoms with van der Waals surface area (Å²) in [6.07, 6.45) is 2.38. The third kappa shape index (κ3) is 4.10. The van der Waals surface area contributed by atoms with Crippen molar-refractivity contribution in [1.82, 2.24) is 0 Å². The van der Waals surface area contributed by atoms with E-state index in [0.717, 1.165) is 16.9 Å². The van der Waals surface area contributed by atoms with E-state index in [-0.39, 0.29) is 5.92 Å². The quantitative estimate of drug-likeness (QED) is 0.654. The lowest BCUT2D eigenvalue weighted by molar-refractivity contribution is -0.134. The molecule has 0 aliphatic rings. The number of aliphatic hydroxyl groups is 1. The number of hydrogen-bond donors (Lipinski definition) is 1. The van der Waals surface area contributed by atoms with Crippen molar-refractivity contribution in [2.45, 2.75) is 25.9 Å². The third-order valence-corrected chi connectivity index (χ3v) is 2.96. The Bertz CT molecular complexity index is 463. The van der Waals surface area contributed by atoms with Crippen LogP contribution in [0, 0.1) is 6.92 Å². The van der Waals surface area contributed by atoms with Crippen molar-refractivity contribution in [3.05, 3.63) is 41.5 Å². The highest BCUT2D eigenvalue weighted by atomic mass is 16.5. The van der Waals surface area contributed by atoms with Crippen LogP contribution in [0.2, 0.25) is 0 Å². The molecule has 104 valence electrons. The molecular weight excluding hydrogens is 244 g/mol. The molecule has 19 heavy (non-hydrogen) atoms. The molecule has 2 atom stereocenters. The number of ether oxygens (including phenoxy) is 2. The summed E-state index contributed by atoms with van der Waals surface area (Å²) in [5.74, 6) is 0.102. The van der Waals surface area contributed by atoms with E-state index in [1.807, 2.05) is 25.1 Å². The number of methoxy groups -OCH3 is 2. The summed E-state index contributed by atoms with van der Waals surface area (Å²) in [6, 6.07) is 5.68. The van der Waals surface area contributed by atoms with E-state index < -0.39 is 12.1 Å². The zero-order valence-electron chi connectivity index (χ0n) is 11.7. The van der Waals surface area contributed by atoms with Crippen molar-refractivity contribution in [2.75, 3.05) is 14.2 Å². The van der Waals surface area contributed by atoms with Gasteiger partial charge in [0.05, 0.1) is 20.3 Å². The van der Waals surface area contributed by atoms with Crippen LogP contribution in [0.1, 0.15) is 24.0 Å². The molecule has 4 heteroatoms. The van der Waals surface area contributed by atoms with Gasteiger partial charge in [0.2, 0.25) is 0 Å². The Kier molecular flexibility index (Phi) is 5.57. The van der Waals surface area contributed by atoms with Gasteiger partial charge in [0.1, 0.15) is 5.75 Å². The molecule has 0 unspecified atom stereocenters. The zero-order valence-corrected chi connectivity index (χ0v) is 11.7. The van der Waals surface area contributed by atoms with Crippen molar-refractivity contribution < 1.29 is 19.4 Å². The van der Waals surface area contributed by atoms with Crippen LogP contribution in [0.15, 0.2) is 30.4 Å². The monoisotopic (exact) mass is 264 g/mol. The highest BCUT2D eigenvalue weighted by molar-refractivity contribution is 5.81. The highest BCUT2D eigenvalue weighted by Crippen LogP contribution is 2.26. The molecule has 1 aromatic carbocycles. The van der Waals surface area contributed by atoms with Crippen molar-refractivity contribution in [2.24, 2.45) is 0 Å². The van der Waals surface area contributed by atoms with Gasteiger partial charge in [-0.05, 0) is 31.0 Å². The van der Waals surface area contributed by atoms with E-state index in [4.69, 9.17) is 4.74 Å². The molecule has 0 amide bonds. The van der Waals surface area contributed by atoms with Gasteiger partial charge in [-0.1, -0.05) is 18.2 Å². The van der Waals surface area contributed by atoms with Crippen molar-refractivity contribution in [3.8, 4) is 5.75 Å². The molecule has 1 aromatic rings. The van der Waals surface area contributed by atoms with Gasteiger partial charge < -0.3 is 14.6 Å². The highest BCUT2D eigenvalue weighted by Gasteiger charge is 2.15. The molecule has 0 spiro atoms. The second-order valence-corrected chi connectivity index (χ2v) is 4.38. The van der Waals surface area contributed by atoms with E-state index in [9.17, 15) is 9.90 Å². The SMILES string of the molecule is COC(=O)/C=C/[C@H](c1ccc(OC)c(C)c1)[C@H](C)O. The molecule has 0 aromatic heterocycles. The molecule has 0 saturated heterocycles. The molecule has 0 heterocycles. The summed E-state index contributed by atoms with van der Waals surface area (Å²) in [7, 11) is 2.94. The maximum Gasteiger partial charge on any atom is 0.330 e. The lowest BCUT2D eigenvalue weighted by Crippen LogP contribution is -2.13. The van der Waals surface area contributed by atoms with Crippen LogP contribution in [0.3, 0.4) is 0 Å². The fourth-order valence-electron chi connectivity index (χ4n) is 1.91. The first kappa shape index (κ1) is 15.2. The summed E-state index contributed by atoms with van der Waals surface area (Å²) in [6.45, 7) is 3.62. The topological polar surface area (TPSA) is 55.8 Å². The average molecular weight is 264 g/mol. The largest absolute Gasteiger partial charge is 0.496 e. The van der Waals surface area contributed by atoms with E-state index in [0.29, 0.717) is 0 Å². The molecule has 0 aliphatic heterocycles. The van der Waals surface area contributed by atoms with Gasteiger partial charge in [0, 0.05) is 12.0 Å². The summed E-state index contributed by atoms with van der Waals surface area (Å²) < 4.78 is 9.75. The minimum atomic E-state index is -0.603. The van der Waals surface area contributed by atoms with Gasteiger partial charge >= 0.3 is 5.97 Å². The van der Waals surface area contributed by atoms with Gasteiger partial charge in [0.15, 0.2) is 0 Å². The van der Waals surface area contributed by atoms with Crippen LogP contribution in [-0.2, 0) is 9.53 Å². The third-order valence-electron chi connectivity index (χ3n) is 2.96. The van der Waals surface area contributed by atoms with Crippen LogP contribution in [0.5, 0.6) is 5.75 Å². The number of hydrogen-bond acceptors (Lipinski definition) is 4. The minimum Gasteiger partial charge on any atom is -0.496 e. The molecule has 1 N–H and O–H groups in total. The molecule has 0 radical (unpaired) electrons. The number of aliphatic hydroxyl groups excluding tert-OH is 1. The van der Waals surface area contributed by atoms with Gasteiger partial charge in [-0.25, -0.2) is 4.79 Å².